The minimum Gasteiger partial charge on any atom is -0.383 e. The topological polar surface area (TPSA) is 43.8 Å². The first-order valence-electron chi connectivity index (χ1n) is 6.67. The van der Waals surface area contributed by atoms with Gasteiger partial charge in [0, 0.05) is 18.5 Å². The second-order valence-electron chi connectivity index (χ2n) is 5.47. The van der Waals surface area contributed by atoms with E-state index in [2.05, 4.69) is 16.5 Å². The van der Waals surface area contributed by atoms with E-state index in [-0.39, 0.29) is 5.82 Å². The molecule has 1 aliphatic rings. The Kier molecular flexibility index (Phi) is 2.81. The molecule has 0 bridgehead atoms. The van der Waals surface area contributed by atoms with Gasteiger partial charge in [-0.2, -0.15) is 0 Å². The Hall–Kier alpha value is -1.84. The molecule has 1 unspecified atom stereocenters. The van der Waals surface area contributed by atoms with Gasteiger partial charge in [0.05, 0.1) is 0 Å². The van der Waals surface area contributed by atoms with Crippen LogP contribution in [-0.4, -0.2) is 9.55 Å². The molecule has 1 atom stereocenters. The van der Waals surface area contributed by atoms with Crippen LogP contribution in [0.15, 0.2) is 18.2 Å². The summed E-state index contributed by atoms with van der Waals surface area (Å²) in [5.41, 5.74) is 8.72. The van der Waals surface area contributed by atoms with Crippen molar-refractivity contribution in [2.24, 2.45) is 5.92 Å². The van der Waals surface area contributed by atoms with Crippen molar-refractivity contribution < 1.29 is 4.39 Å². The Balaban J connectivity index is 2.14. The molecule has 19 heavy (non-hydrogen) atoms. The average Bonchev–Trinajstić information content (AvgIpc) is 2.69. The Bertz CT molecular complexity index is 631. The molecular formula is C15H18FN3. The molecule has 0 saturated heterocycles. The molecule has 4 heteroatoms. The van der Waals surface area contributed by atoms with Crippen LogP contribution in [0.3, 0.4) is 0 Å². The minimum atomic E-state index is -0.251. The number of hydrogen-bond acceptors (Lipinski definition) is 2. The zero-order chi connectivity index (χ0) is 13.6. The Morgan fingerprint density at radius 3 is 3.00 bits per heavy atom. The Morgan fingerprint density at radius 1 is 1.42 bits per heavy atom. The summed E-state index contributed by atoms with van der Waals surface area (Å²) >= 11 is 0. The van der Waals surface area contributed by atoms with E-state index in [1.807, 2.05) is 6.92 Å². The van der Waals surface area contributed by atoms with E-state index in [4.69, 9.17) is 5.73 Å². The normalized spacial score (nSPS) is 18.4. The van der Waals surface area contributed by atoms with Crippen LogP contribution in [0.25, 0.3) is 11.3 Å². The standard InChI is InChI=1S/C15H18FN3/c1-9-5-6-19-13(7-9)18-14(15(19)17)12-8-11(16)4-3-10(12)2/h3-4,8-9H,5-7,17H2,1-2H3. The predicted octanol–water partition coefficient (Wildman–Crippen LogP) is 3.16. The van der Waals surface area contributed by atoms with E-state index >= 15 is 0 Å². The third-order valence-corrected chi connectivity index (χ3v) is 3.92. The smallest absolute Gasteiger partial charge is 0.131 e. The number of hydrogen-bond donors (Lipinski definition) is 1. The highest BCUT2D eigenvalue weighted by Crippen LogP contribution is 2.32. The fourth-order valence-electron chi connectivity index (χ4n) is 2.73. The van der Waals surface area contributed by atoms with E-state index in [0.29, 0.717) is 11.7 Å². The Morgan fingerprint density at radius 2 is 2.21 bits per heavy atom. The van der Waals surface area contributed by atoms with E-state index in [0.717, 1.165) is 42.0 Å². The first-order valence-corrected chi connectivity index (χ1v) is 6.67. The molecule has 0 spiro atoms. The highest BCUT2D eigenvalue weighted by molar-refractivity contribution is 5.73. The maximum atomic E-state index is 13.4. The van der Waals surface area contributed by atoms with E-state index in [1.165, 1.54) is 12.1 Å². The van der Waals surface area contributed by atoms with Crippen molar-refractivity contribution in [3.05, 3.63) is 35.4 Å². The van der Waals surface area contributed by atoms with Crippen LogP contribution in [0, 0.1) is 18.7 Å². The number of rotatable bonds is 1. The number of anilines is 1. The van der Waals surface area contributed by atoms with Crippen LogP contribution in [-0.2, 0) is 13.0 Å². The van der Waals surface area contributed by atoms with Gasteiger partial charge in [0.15, 0.2) is 0 Å². The zero-order valence-corrected chi connectivity index (χ0v) is 11.3. The molecule has 0 amide bonds. The molecule has 0 aliphatic carbocycles. The molecule has 2 N–H and O–H groups in total. The van der Waals surface area contributed by atoms with E-state index in [1.54, 1.807) is 6.07 Å². The van der Waals surface area contributed by atoms with Crippen LogP contribution in [0.2, 0.25) is 0 Å². The lowest BCUT2D eigenvalue weighted by Gasteiger charge is -2.20. The number of nitrogens with zero attached hydrogens (tertiary/aromatic N) is 2. The summed E-state index contributed by atoms with van der Waals surface area (Å²) in [5, 5.41) is 0. The van der Waals surface area contributed by atoms with Gasteiger partial charge in [-0.3, -0.25) is 0 Å². The summed E-state index contributed by atoms with van der Waals surface area (Å²) < 4.78 is 15.5. The number of fused-ring (bicyclic) bond motifs is 1. The number of nitrogen functional groups attached to an aromatic ring is 1. The summed E-state index contributed by atoms with van der Waals surface area (Å²) in [6.45, 7) is 5.08. The third-order valence-electron chi connectivity index (χ3n) is 3.92. The molecule has 0 radical (unpaired) electrons. The van der Waals surface area contributed by atoms with Crippen LogP contribution in [0.5, 0.6) is 0 Å². The van der Waals surface area contributed by atoms with Gasteiger partial charge in [0.25, 0.3) is 0 Å². The molecule has 1 aliphatic heterocycles. The lowest BCUT2D eigenvalue weighted by molar-refractivity contribution is 0.412. The van der Waals surface area contributed by atoms with Crippen molar-refractivity contribution >= 4 is 5.82 Å². The van der Waals surface area contributed by atoms with Crippen LogP contribution in [0.4, 0.5) is 10.2 Å². The summed E-state index contributed by atoms with van der Waals surface area (Å²) in [7, 11) is 0. The van der Waals surface area contributed by atoms with Crippen molar-refractivity contribution in [2.75, 3.05) is 5.73 Å². The number of nitrogens with two attached hydrogens (primary N) is 1. The molecular weight excluding hydrogens is 241 g/mol. The molecule has 1 aromatic carbocycles. The summed E-state index contributed by atoms with van der Waals surface area (Å²) in [6.07, 6.45) is 2.06. The first kappa shape index (κ1) is 12.2. The number of imidazole rings is 1. The molecule has 2 aromatic rings. The number of aromatic nitrogens is 2. The SMILES string of the molecule is Cc1ccc(F)cc1-c1nc2n(c1N)CCC(C)C2. The molecule has 2 heterocycles. The highest BCUT2D eigenvalue weighted by atomic mass is 19.1. The first-order chi connectivity index (χ1) is 9.06. The maximum absolute atomic E-state index is 13.4. The van der Waals surface area contributed by atoms with Crippen molar-refractivity contribution in [1.82, 2.24) is 9.55 Å². The number of aryl methyl sites for hydroxylation is 1. The average molecular weight is 259 g/mol. The lowest BCUT2D eigenvalue weighted by atomic mass is 10.0. The van der Waals surface area contributed by atoms with Crippen LogP contribution < -0.4 is 5.73 Å². The van der Waals surface area contributed by atoms with Gasteiger partial charge < -0.3 is 10.3 Å². The fourth-order valence-corrected chi connectivity index (χ4v) is 2.73. The van der Waals surface area contributed by atoms with Gasteiger partial charge in [-0.25, -0.2) is 9.37 Å². The molecule has 3 rings (SSSR count). The minimum absolute atomic E-state index is 0.251. The van der Waals surface area contributed by atoms with Gasteiger partial charge in [0.1, 0.15) is 23.2 Å². The molecule has 100 valence electrons. The van der Waals surface area contributed by atoms with Gasteiger partial charge in [-0.05, 0) is 37.0 Å². The van der Waals surface area contributed by atoms with Crippen molar-refractivity contribution in [2.45, 2.75) is 33.2 Å². The zero-order valence-electron chi connectivity index (χ0n) is 11.3. The van der Waals surface area contributed by atoms with Gasteiger partial charge in [-0.15, -0.1) is 0 Å². The monoisotopic (exact) mass is 259 g/mol. The molecule has 0 fully saturated rings. The van der Waals surface area contributed by atoms with Gasteiger partial charge in [-0.1, -0.05) is 13.0 Å². The van der Waals surface area contributed by atoms with Crippen molar-refractivity contribution in [3.8, 4) is 11.3 Å². The molecule has 1 aromatic heterocycles. The second kappa shape index (κ2) is 4.37. The van der Waals surface area contributed by atoms with E-state index < -0.39 is 0 Å². The molecule has 3 nitrogen and oxygen atoms in total. The summed E-state index contributed by atoms with van der Waals surface area (Å²) in [4.78, 5) is 4.64. The maximum Gasteiger partial charge on any atom is 0.131 e. The third kappa shape index (κ3) is 2.01. The largest absolute Gasteiger partial charge is 0.383 e. The second-order valence-corrected chi connectivity index (χ2v) is 5.47. The van der Waals surface area contributed by atoms with E-state index in [9.17, 15) is 4.39 Å². The summed E-state index contributed by atoms with van der Waals surface area (Å²) in [6, 6.07) is 4.75. The van der Waals surface area contributed by atoms with Crippen molar-refractivity contribution in [3.63, 3.8) is 0 Å². The molecule has 0 saturated carbocycles. The Labute approximate surface area is 112 Å². The van der Waals surface area contributed by atoms with Gasteiger partial charge >= 0.3 is 0 Å². The van der Waals surface area contributed by atoms with Crippen LogP contribution in [0.1, 0.15) is 24.7 Å². The lowest BCUT2D eigenvalue weighted by Crippen LogP contribution is -2.18. The number of halogens is 1. The number of benzene rings is 1. The summed E-state index contributed by atoms with van der Waals surface area (Å²) in [5.74, 6) is 2.07. The van der Waals surface area contributed by atoms with Gasteiger partial charge in [0.2, 0.25) is 0 Å². The highest BCUT2D eigenvalue weighted by Gasteiger charge is 2.22. The predicted molar refractivity (Wildman–Crippen MR) is 74.3 cm³/mol. The fraction of sp³-hybridized carbons (Fsp3) is 0.400. The van der Waals surface area contributed by atoms with Crippen LogP contribution >= 0.6 is 0 Å². The quantitative estimate of drug-likeness (QED) is 0.855. The van der Waals surface area contributed by atoms with Crippen molar-refractivity contribution in [1.29, 1.82) is 0 Å².